The van der Waals surface area contributed by atoms with Crippen molar-refractivity contribution in [3.05, 3.63) is 35.4 Å². The summed E-state index contributed by atoms with van der Waals surface area (Å²) in [4.78, 5) is 2.37. The summed E-state index contributed by atoms with van der Waals surface area (Å²) in [5.41, 5.74) is 2.49. The van der Waals surface area contributed by atoms with E-state index in [4.69, 9.17) is 4.74 Å². The molecule has 0 amide bonds. The highest BCUT2D eigenvalue weighted by Gasteiger charge is 2.17. The van der Waals surface area contributed by atoms with Gasteiger partial charge in [0.1, 0.15) is 0 Å². The van der Waals surface area contributed by atoms with E-state index in [1.807, 2.05) is 0 Å². The average Bonchev–Trinajstić information content (AvgIpc) is 2.37. The zero-order chi connectivity index (χ0) is 12.1. The molecule has 1 heterocycles. The molecular weight excluding hydrogens is 214 g/mol. The van der Waals surface area contributed by atoms with Crippen molar-refractivity contribution in [3.8, 4) is 0 Å². The number of aliphatic hydroxyl groups is 1. The summed E-state index contributed by atoms with van der Waals surface area (Å²) < 4.78 is 5.34. The molecule has 3 nitrogen and oxygen atoms in total. The molecule has 1 aliphatic heterocycles. The molecule has 17 heavy (non-hydrogen) atoms. The van der Waals surface area contributed by atoms with Gasteiger partial charge in [-0.25, -0.2) is 0 Å². The van der Waals surface area contributed by atoms with Crippen molar-refractivity contribution in [3.63, 3.8) is 0 Å². The summed E-state index contributed by atoms with van der Waals surface area (Å²) in [5, 5.41) is 9.54. The molecule has 1 atom stereocenters. The van der Waals surface area contributed by atoms with E-state index in [1.165, 1.54) is 11.1 Å². The van der Waals surface area contributed by atoms with Gasteiger partial charge < -0.3 is 9.84 Å². The molecule has 1 N–H and O–H groups in total. The predicted octanol–water partition coefficient (Wildman–Crippen LogP) is 1.40. The van der Waals surface area contributed by atoms with Crippen LogP contribution in [0.15, 0.2) is 24.3 Å². The van der Waals surface area contributed by atoms with Gasteiger partial charge in [-0.2, -0.15) is 0 Å². The molecule has 3 heteroatoms. The number of morpholine rings is 1. The van der Waals surface area contributed by atoms with Gasteiger partial charge in [0.2, 0.25) is 0 Å². The number of benzene rings is 1. The van der Waals surface area contributed by atoms with Gasteiger partial charge in [0.25, 0.3) is 0 Å². The number of aryl methyl sites for hydroxylation is 1. The maximum atomic E-state index is 9.54. The van der Waals surface area contributed by atoms with E-state index in [2.05, 4.69) is 36.1 Å². The highest BCUT2D eigenvalue weighted by atomic mass is 16.5. The summed E-state index contributed by atoms with van der Waals surface area (Å²) in [6.45, 7) is 6.79. The molecule has 1 saturated heterocycles. The fourth-order valence-corrected chi connectivity index (χ4v) is 2.29. The molecule has 94 valence electrons. The van der Waals surface area contributed by atoms with E-state index >= 15 is 0 Å². The molecule has 1 fully saturated rings. The lowest BCUT2D eigenvalue weighted by Crippen LogP contribution is -2.39. The molecule has 1 unspecified atom stereocenters. The van der Waals surface area contributed by atoms with E-state index in [0.717, 1.165) is 32.8 Å². The Morgan fingerprint density at radius 2 is 2.12 bits per heavy atom. The van der Waals surface area contributed by atoms with Crippen molar-refractivity contribution in [2.45, 2.75) is 12.8 Å². The molecule has 2 rings (SSSR count). The van der Waals surface area contributed by atoms with Gasteiger partial charge in [-0.3, -0.25) is 4.90 Å². The van der Waals surface area contributed by atoms with Crippen LogP contribution in [-0.2, 0) is 4.74 Å². The Kier molecular flexibility index (Phi) is 4.54. The third-order valence-electron chi connectivity index (χ3n) is 3.32. The zero-order valence-corrected chi connectivity index (χ0v) is 10.4. The van der Waals surface area contributed by atoms with Crippen LogP contribution in [0.4, 0.5) is 0 Å². The molecule has 0 saturated carbocycles. The summed E-state index contributed by atoms with van der Waals surface area (Å²) in [6.07, 6.45) is 0. The number of ether oxygens (including phenoxy) is 1. The highest BCUT2D eigenvalue weighted by Crippen LogP contribution is 2.18. The molecule has 0 radical (unpaired) electrons. The summed E-state index contributed by atoms with van der Waals surface area (Å²) in [6, 6.07) is 8.43. The number of hydrogen-bond acceptors (Lipinski definition) is 3. The van der Waals surface area contributed by atoms with E-state index in [0.29, 0.717) is 0 Å². The second kappa shape index (κ2) is 6.15. The maximum absolute atomic E-state index is 9.54. The van der Waals surface area contributed by atoms with Crippen molar-refractivity contribution < 1.29 is 9.84 Å². The first kappa shape index (κ1) is 12.6. The largest absolute Gasteiger partial charge is 0.396 e. The highest BCUT2D eigenvalue weighted by molar-refractivity contribution is 5.25. The molecule has 1 aromatic rings. The Morgan fingerprint density at radius 3 is 2.76 bits per heavy atom. The lowest BCUT2D eigenvalue weighted by molar-refractivity contribution is 0.0319. The van der Waals surface area contributed by atoms with Crippen molar-refractivity contribution in [2.24, 2.45) is 0 Å². The van der Waals surface area contributed by atoms with Gasteiger partial charge in [0.05, 0.1) is 19.8 Å². The van der Waals surface area contributed by atoms with Gasteiger partial charge in [0.15, 0.2) is 0 Å². The van der Waals surface area contributed by atoms with Crippen LogP contribution in [0.25, 0.3) is 0 Å². The quantitative estimate of drug-likeness (QED) is 0.856. The zero-order valence-electron chi connectivity index (χ0n) is 10.4. The molecule has 1 aromatic carbocycles. The normalized spacial score (nSPS) is 19.2. The van der Waals surface area contributed by atoms with Crippen LogP contribution in [-0.4, -0.2) is 49.5 Å². The van der Waals surface area contributed by atoms with Crippen molar-refractivity contribution in [1.29, 1.82) is 0 Å². The SMILES string of the molecule is Cc1cccc(C(CO)CN2CCOCC2)c1. The van der Waals surface area contributed by atoms with Gasteiger partial charge in [-0.1, -0.05) is 29.8 Å². The van der Waals surface area contributed by atoms with E-state index in [-0.39, 0.29) is 12.5 Å². The molecule has 0 spiro atoms. The van der Waals surface area contributed by atoms with Crippen LogP contribution in [0, 0.1) is 6.92 Å². The van der Waals surface area contributed by atoms with Crippen molar-refractivity contribution >= 4 is 0 Å². The first-order chi connectivity index (χ1) is 8.29. The van der Waals surface area contributed by atoms with Crippen molar-refractivity contribution in [2.75, 3.05) is 39.5 Å². The van der Waals surface area contributed by atoms with Crippen molar-refractivity contribution in [1.82, 2.24) is 4.90 Å². The summed E-state index contributed by atoms with van der Waals surface area (Å²) in [7, 11) is 0. The van der Waals surface area contributed by atoms with Crippen LogP contribution in [0.5, 0.6) is 0 Å². The maximum Gasteiger partial charge on any atom is 0.0594 e. The number of aliphatic hydroxyl groups excluding tert-OH is 1. The lowest BCUT2D eigenvalue weighted by Gasteiger charge is -2.30. The number of nitrogens with zero attached hydrogens (tertiary/aromatic N) is 1. The predicted molar refractivity (Wildman–Crippen MR) is 68.3 cm³/mol. The molecule has 1 aliphatic rings. The molecule has 0 aliphatic carbocycles. The minimum absolute atomic E-state index is 0.209. The van der Waals surface area contributed by atoms with Gasteiger partial charge in [0, 0.05) is 25.6 Å². The topological polar surface area (TPSA) is 32.7 Å². The Morgan fingerprint density at radius 1 is 1.35 bits per heavy atom. The summed E-state index contributed by atoms with van der Waals surface area (Å²) in [5.74, 6) is 0.216. The standard InChI is InChI=1S/C14H21NO2/c1-12-3-2-4-13(9-12)14(11-16)10-15-5-7-17-8-6-15/h2-4,9,14,16H,5-8,10-11H2,1H3. The van der Waals surface area contributed by atoms with E-state index < -0.39 is 0 Å². The Labute approximate surface area is 103 Å². The molecular formula is C14H21NO2. The second-order valence-electron chi connectivity index (χ2n) is 4.71. The molecule has 0 aromatic heterocycles. The van der Waals surface area contributed by atoms with Gasteiger partial charge in [-0.15, -0.1) is 0 Å². The van der Waals surface area contributed by atoms with E-state index in [9.17, 15) is 5.11 Å². The van der Waals surface area contributed by atoms with Crippen LogP contribution in [0.2, 0.25) is 0 Å². The number of hydrogen-bond donors (Lipinski definition) is 1. The summed E-state index contributed by atoms with van der Waals surface area (Å²) >= 11 is 0. The Balaban J connectivity index is 2.00. The fourth-order valence-electron chi connectivity index (χ4n) is 2.29. The minimum Gasteiger partial charge on any atom is -0.396 e. The second-order valence-corrected chi connectivity index (χ2v) is 4.71. The monoisotopic (exact) mass is 235 g/mol. The molecule has 0 bridgehead atoms. The third kappa shape index (κ3) is 3.53. The Bertz CT molecular complexity index is 348. The third-order valence-corrected chi connectivity index (χ3v) is 3.32. The van der Waals surface area contributed by atoms with Gasteiger partial charge >= 0.3 is 0 Å². The Hall–Kier alpha value is -0.900. The number of rotatable bonds is 4. The fraction of sp³-hybridized carbons (Fsp3) is 0.571. The van der Waals surface area contributed by atoms with Crippen LogP contribution in [0.1, 0.15) is 17.0 Å². The smallest absolute Gasteiger partial charge is 0.0594 e. The minimum atomic E-state index is 0.209. The van der Waals surface area contributed by atoms with Crippen LogP contribution >= 0.6 is 0 Å². The lowest BCUT2D eigenvalue weighted by atomic mass is 9.97. The first-order valence-corrected chi connectivity index (χ1v) is 6.27. The average molecular weight is 235 g/mol. The van der Waals surface area contributed by atoms with Crippen LogP contribution in [0.3, 0.4) is 0 Å². The van der Waals surface area contributed by atoms with Gasteiger partial charge in [-0.05, 0) is 12.5 Å². The van der Waals surface area contributed by atoms with E-state index in [1.54, 1.807) is 0 Å². The first-order valence-electron chi connectivity index (χ1n) is 6.27. The van der Waals surface area contributed by atoms with Crippen LogP contribution < -0.4 is 0 Å².